The number of benzene rings is 2. The second kappa shape index (κ2) is 6.62. The highest BCUT2D eigenvalue weighted by Crippen LogP contribution is 2.27. The van der Waals surface area contributed by atoms with Crippen molar-refractivity contribution in [1.29, 1.82) is 0 Å². The van der Waals surface area contributed by atoms with Crippen molar-refractivity contribution in [3.05, 3.63) is 48.3 Å². The Morgan fingerprint density at radius 2 is 2.04 bits per heavy atom. The molecule has 3 rings (SSSR count). The summed E-state index contributed by atoms with van der Waals surface area (Å²) >= 11 is 1.21. The van der Waals surface area contributed by atoms with Crippen molar-refractivity contribution in [3.8, 4) is 11.5 Å². The molecule has 0 bridgehead atoms. The van der Waals surface area contributed by atoms with Crippen molar-refractivity contribution in [1.82, 2.24) is 4.98 Å². The van der Waals surface area contributed by atoms with E-state index in [2.05, 4.69) is 10.3 Å². The number of nitrogens with zero attached hydrogens (tertiary/aromatic N) is 1. The fourth-order valence-corrected chi connectivity index (χ4v) is 2.86. The van der Waals surface area contributed by atoms with E-state index < -0.39 is 5.82 Å². The van der Waals surface area contributed by atoms with Gasteiger partial charge in [0.25, 0.3) is 5.91 Å². The van der Waals surface area contributed by atoms with Crippen molar-refractivity contribution in [2.45, 2.75) is 0 Å². The van der Waals surface area contributed by atoms with Gasteiger partial charge in [0.1, 0.15) is 22.8 Å². The third-order valence-electron chi connectivity index (χ3n) is 3.03. The summed E-state index contributed by atoms with van der Waals surface area (Å²) in [5, 5.41) is 2.94. The molecule has 1 heterocycles. The number of carbonyl (C=O) groups is 1. The fraction of sp³-hybridized carbons (Fsp3) is 0.125. The number of rotatable bonds is 5. The normalized spacial score (nSPS) is 10.5. The molecule has 1 N–H and O–H groups in total. The van der Waals surface area contributed by atoms with Crippen LogP contribution in [-0.2, 0) is 4.79 Å². The highest BCUT2D eigenvalue weighted by atomic mass is 32.1. The molecule has 5 nitrogen and oxygen atoms in total. The monoisotopic (exact) mass is 332 g/mol. The zero-order valence-electron chi connectivity index (χ0n) is 12.2. The molecule has 0 saturated heterocycles. The molecule has 0 fully saturated rings. The van der Waals surface area contributed by atoms with Crippen LogP contribution in [0.25, 0.3) is 10.2 Å². The van der Waals surface area contributed by atoms with Gasteiger partial charge in [-0.1, -0.05) is 23.5 Å². The third-order valence-corrected chi connectivity index (χ3v) is 3.96. The number of carbonyl (C=O) groups excluding carboxylic acids is 1. The predicted octanol–water partition coefficient (Wildman–Crippen LogP) is 3.46. The summed E-state index contributed by atoms with van der Waals surface area (Å²) in [7, 11) is 1.55. The average molecular weight is 332 g/mol. The summed E-state index contributed by atoms with van der Waals surface area (Å²) in [5.41, 5.74) is 0.251. The first-order valence-corrected chi connectivity index (χ1v) is 7.59. The number of thiazole rings is 1. The van der Waals surface area contributed by atoms with E-state index in [4.69, 9.17) is 9.47 Å². The molecule has 3 aromatic rings. The lowest BCUT2D eigenvalue weighted by Gasteiger charge is -2.07. The molecule has 2 aromatic carbocycles. The lowest BCUT2D eigenvalue weighted by Crippen LogP contribution is -2.20. The number of halogens is 1. The number of aromatic nitrogens is 1. The summed E-state index contributed by atoms with van der Waals surface area (Å²) in [6, 6.07) is 11.6. The second-order valence-electron chi connectivity index (χ2n) is 4.62. The van der Waals surface area contributed by atoms with Gasteiger partial charge in [-0.05, 0) is 24.3 Å². The van der Waals surface area contributed by atoms with Gasteiger partial charge < -0.3 is 9.47 Å². The van der Waals surface area contributed by atoms with Crippen LogP contribution in [-0.4, -0.2) is 24.6 Å². The maximum atomic E-state index is 13.6. The van der Waals surface area contributed by atoms with Crippen LogP contribution in [0, 0.1) is 5.82 Å². The van der Waals surface area contributed by atoms with Crippen LogP contribution in [0.3, 0.4) is 0 Å². The van der Waals surface area contributed by atoms with Crippen LogP contribution in [0.1, 0.15) is 0 Å². The highest BCUT2D eigenvalue weighted by Gasteiger charge is 2.11. The standard InChI is InChI=1S/C16H13FN2O3S/c1-21-10-4-2-5-11(8-10)22-9-14(20)18-16-19-15-12(17)6-3-7-13(15)23-16/h2-8H,9H2,1H3,(H,18,19,20). The predicted molar refractivity (Wildman–Crippen MR) is 86.7 cm³/mol. The lowest BCUT2D eigenvalue weighted by molar-refractivity contribution is -0.118. The number of fused-ring (bicyclic) bond motifs is 1. The number of amides is 1. The maximum Gasteiger partial charge on any atom is 0.264 e. The zero-order valence-corrected chi connectivity index (χ0v) is 13.0. The molecule has 23 heavy (non-hydrogen) atoms. The summed E-state index contributed by atoms with van der Waals surface area (Å²) in [6.07, 6.45) is 0. The average Bonchev–Trinajstić information content (AvgIpc) is 2.97. The number of nitrogens with one attached hydrogen (secondary N) is 1. The van der Waals surface area contributed by atoms with Crippen molar-refractivity contribution in [2.24, 2.45) is 0 Å². The molecular formula is C16H13FN2O3S. The minimum Gasteiger partial charge on any atom is -0.497 e. The molecule has 0 aliphatic carbocycles. The molecule has 0 atom stereocenters. The Labute approximate surface area is 135 Å². The Balaban J connectivity index is 1.63. The van der Waals surface area contributed by atoms with Crippen LogP contribution in [0.5, 0.6) is 11.5 Å². The minimum atomic E-state index is -0.410. The number of methoxy groups -OCH3 is 1. The van der Waals surface area contributed by atoms with E-state index in [1.165, 1.54) is 17.4 Å². The van der Waals surface area contributed by atoms with Crippen LogP contribution < -0.4 is 14.8 Å². The molecule has 0 unspecified atom stereocenters. The van der Waals surface area contributed by atoms with Gasteiger partial charge in [-0.2, -0.15) is 0 Å². The zero-order chi connectivity index (χ0) is 16.2. The van der Waals surface area contributed by atoms with Gasteiger partial charge in [-0.3, -0.25) is 10.1 Å². The first-order chi connectivity index (χ1) is 11.2. The van der Waals surface area contributed by atoms with Gasteiger partial charge in [0.2, 0.25) is 0 Å². The summed E-state index contributed by atoms with van der Waals surface area (Å²) < 4.78 is 24.7. The summed E-state index contributed by atoms with van der Waals surface area (Å²) in [4.78, 5) is 16.0. The van der Waals surface area contributed by atoms with Crippen molar-refractivity contribution < 1.29 is 18.7 Å². The maximum absolute atomic E-state index is 13.6. The van der Waals surface area contributed by atoms with E-state index in [-0.39, 0.29) is 18.0 Å². The van der Waals surface area contributed by atoms with E-state index in [9.17, 15) is 9.18 Å². The number of anilines is 1. The van der Waals surface area contributed by atoms with Gasteiger partial charge in [-0.15, -0.1) is 0 Å². The molecule has 1 aromatic heterocycles. The molecule has 0 saturated carbocycles. The largest absolute Gasteiger partial charge is 0.497 e. The Morgan fingerprint density at radius 3 is 2.83 bits per heavy atom. The number of para-hydroxylation sites is 1. The Hall–Kier alpha value is -2.67. The topological polar surface area (TPSA) is 60.5 Å². The Bertz CT molecular complexity index is 850. The van der Waals surface area contributed by atoms with E-state index in [0.717, 1.165) is 0 Å². The smallest absolute Gasteiger partial charge is 0.264 e. The van der Waals surface area contributed by atoms with Gasteiger partial charge in [0.15, 0.2) is 11.7 Å². The van der Waals surface area contributed by atoms with Crippen LogP contribution in [0.15, 0.2) is 42.5 Å². The molecule has 0 aliphatic rings. The molecule has 0 aliphatic heterocycles. The van der Waals surface area contributed by atoms with Gasteiger partial charge in [-0.25, -0.2) is 9.37 Å². The van der Waals surface area contributed by atoms with E-state index in [1.54, 1.807) is 43.5 Å². The Morgan fingerprint density at radius 1 is 1.26 bits per heavy atom. The highest BCUT2D eigenvalue weighted by molar-refractivity contribution is 7.22. The number of ether oxygens (including phenoxy) is 2. The molecule has 0 spiro atoms. The second-order valence-corrected chi connectivity index (χ2v) is 5.65. The quantitative estimate of drug-likeness (QED) is 0.777. The minimum absolute atomic E-state index is 0.175. The van der Waals surface area contributed by atoms with Crippen LogP contribution >= 0.6 is 11.3 Å². The first-order valence-electron chi connectivity index (χ1n) is 6.77. The number of hydrogen-bond donors (Lipinski definition) is 1. The van der Waals surface area contributed by atoms with Crippen molar-refractivity contribution >= 4 is 32.6 Å². The van der Waals surface area contributed by atoms with Gasteiger partial charge in [0.05, 0.1) is 11.8 Å². The van der Waals surface area contributed by atoms with Crippen molar-refractivity contribution in [3.63, 3.8) is 0 Å². The van der Waals surface area contributed by atoms with E-state index in [0.29, 0.717) is 21.3 Å². The fourth-order valence-electron chi connectivity index (χ4n) is 1.96. The van der Waals surface area contributed by atoms with Gasteiger partial charge >= 0.3 is 0 Å². The van der Waals surface area contributed by atoms with Crippen LogP contribution in [0.4, 0.5) is 9.52 Å². The SMILES string of the molecule is COc1cccc(OCC(=O)Nc2nc3c(F)cccc3s2)c1. The summed E-state index contributed by atoms with van der Waals surface area (Å²) in [5.74, 6) is 0.388. The Kier molecular flexibility index (Phi) is 4.38. The summed E-state index contributed by atoms with van der Waals surface area (Å²) in [6.45, 7) is -0.175. The van der Waals surface area contributed by atoms with E-state index in [1.807, 2.05) is 0 Å². The number of hydrogen-bond acceptors (Lipinski definition) is 5. The molecule has 1 amide bonds. The molecule has 118 valence electrons. The van der Waals surface area contributed by atoms with E-state index >= 15 is 0 Å². The third kappa shape index (κ3) is 3.57. The molecular weight excluding hydrogens is 319 g/mol. The molecule has 7 heteroatoms. The lowest BCUT2D eigenvalue weighted by atomic mass is 10.3. The van der Waals surface area contributed by atoms with Crippen LogP contribution in [0.2, 0.25) is 0 Å². The van der Waals surface area contributed by atoms with Crippen molar-refractivity contribution in [2.75, 3.05) is 19.0 Å². The first kappa shape index (κ1) is 15.2. The van der Waals surface area contributed by atoms with Gasteiger partial charge in [0, 0.05) is 6.07 Å². The molecule has 0 radical (unpaired) electrons.